The second-order valence-electron chi connectivity index (χ2n) is 7.94. The lowest BCUT2D eigenvalue weighted by Gasteiger charge is -2.26. The third-order valence-corrected chi connectivity index (χ3v) is 7.60. The Hall–Kier alpha value is -3.79. The van der Waals surface area contributed by atoms with Gasteiger partial charge < -0.3 is 14.5 Å². The third kappa shape index (κ3) is 4.88. The minimum atomic E-state index is -3.60. The molecule has 2 heterocycles. The van der Waals surface area contributed by atoms with E-state index < -0.39 is 10.0 Å². The van der Waals surface area contributed by atoms with Gasteiger partial charge in [0.25, 0.3) is 5.91 Å². The first-order valence-corrected chi connectivity index (χ1v) is 12.6. The van der Waals surface area contributed by atoms with Crippen LogP contribution in [0.1, 0.15) is 10.4 Å². The van der Waals surface area contributed by atoms with Crippen LogP contribution in [0.5, 0.6) is 0 Å². The summed E-state index contributed by atoms with van der Waals surface area (Å²) in [6.07, 6.45) is 1.63. The van der Waals surface area contributed by atoms with Crippen LogP contribution >= 0.6 is 0 Å². The van der Waals surface area contributed by atoms with Crippen molar-refractivity contribution in [2.24, 2.45) is 0 Å². The number of carbonyl (C=O) groups is 1. The van der Waals surface area contributed by atoms with Gasteiger partial charge in [-0.2, -0.15) is 4.31 Å². The highest BCUT2D eigenvalue weighted by atomic mass is 32.2. The predicted molar refractivity (Wildman–Crippen MR) is 131 cm³/mol. The van der Waals surface area contributed by atoms with Gasteiger partial charge in [0.2, 0.25) is 15.9 Å². The molecule has 0 saturated carbocycles. The summed E-state index contributed by atoms with van der Waals surface area (Å²) in [4.78, 5) is 17.6. The summed E-state index contributed by atoms with van der Waals surface area (Å²) >= 11 is 0. The maximum atomic E-state index is 13.1. The number of sulfonamides is 1. The number of nitrogens with zero attached hydrogens (tertiary/aromatic N) is 2. The summed E-state index contributed by atoms with van der Waals surface area (Å²) in [6, 6.07) is 22.8. The van der Waals surface area contributed by atoms with Crippen molar-refractivity contribution < 1.29 is 22.4 Å². The number of amides is 1. The van der Waals surface area contributed by atoms with Crippen LogP contribution in [0.4, 0.5) is 5.69 Å². The quantitative estimate of drug-likeness (QED) is 0.434. The van der Waals surface area contributed by atoms with Crippen molar-refractivity contribution in [3.8, 4) is 22.8 Å². The van der Waals surface area contributed by atoms with Crippen LogP contribution in [0.25, 0.3) is 22.8 Å². The molecule has 1 amide bonds. The fourth-order valence-electron chi connectivity index (χ4n) is 3.85. The Morgan fingerprint density at radius 3 is 2.31 bits per heavy atom. The topological polar surface area (TPSA) is 102 Å². The van der Waals surface area contributed by atoms with E-state index in [4.69, 9.17) is 9.15 Å². The molecule has 1 fully saturated rings. The van der Waals surface area contributed by atoms with Crippen LogP contribution < -0.4 is 5.32 Å². The van der Waals surface area contributed by atoms with Gasteiger partial charge in [-0.1, -0.05) is 42.5 Å². The summed E-state index contributed by atoms with van der Waals surface area (Å²) < 4.78 is 38.2. The van der Waals surface area contributed by atoms with Crippen molar-refractivity contribution in [1.29, 1.82) is 0 Å². The smallest absolute Gasteiger partial charge is 0.256 e. The van der Waals surface area contributed by atoms with Crippen molar-refractivity contribution in [2.45, 2.75) is 4.90 Å². The molecule has 0 unspecified atom stereocenters. The van der Waals surface area contributed by atoms with Gasteiger partial charge in [-0.3, -0.25) is 4.79 Å². The molecule has 0 aliphatic carbocycles. The molecule has 178 valence electrons. The number of nitrogens with one attached hydrogen (secondary N) is 1. The van der Waals surface area contributed by atoms with Gasteiger partial charge in [0.05, 0.1) is 29.9 Å². The van der Waals surface area contributed by atoms with Crippen LogP contribution in [0.3, 0.4) is 0 Å². The van der Waals surface area contributed by atoms with Gasteiger partial charge in [0, 0.05) is 29.9 Å². The van der Waals surface area contributed by atoms with E-state index in [1.165, 1.54) is 16.4 Å². The number of benzene rings is 3. The molecule has 1 aliphatic heterocycles. The lowest BCUT2D eigenvalue weighted by molar-refractivity contribution is 0.0730. The largest absolute Gasteiger partial charge is 0.436 e. The first-order valence-electron chi connectivity index (χ1n) is 11.1. The van der Waals surface area contributed by atoms with E-state index in [9.17, 15) is 13.2 Å². The van der Waals surface area contributed by atoms with E-state index in [0.29, 0.717) is 54.8 Å². The van der Waals surface area contributed by atoms with Crippen molar-refractivity contribution in [2.75, 3.05) is 31.6 Å². The fourth-order valence-corrected chi connectivity index (χ4v) is 5.25. The van der Waals surface area contributed by atoms with Crippen LogP contribution in [0, 0.1) is 0 Å². The van der Waals surface area contributed by atoms with Crippen LogP contribution in [-0.2, 0) is 14.8 Å². The van der Waals surface area contributed by atoms with Crippen molar-refractivity contribution >= 4 is 21.6 Å². The van der Waals surface area contributed by atoms with E-state index >= 15 is 0 Å². The van der Waals surface area contributed by atoms with Crippen LogP contribution in [0.15, 0.2) is 94.4 Å². The van der Waals surface area contributed by atoms with Crippen LogP contribution in [-0.4, -0.2) is 49.9 Å². The zero-order valence-corrected chi connectivity index (χ0v) is 19.6. The summed E-state index contributed by atoms with van der Waals surface area (Å²) in [5.74, 6) is 0.582. The Kier molecular flexibility index (Phi) is 6.45. The van der Waals surface area contributed by atoms with Crippen molar-refractivity contribution in [3.05, 3.63) is 90.6 Å². The predicted octanol–water partition coefficient (Wildman–Crippen LogP) is 4.28. The number of aromatic nitrogens is 1. The molecule has 1 N–H and O–H groups in total. The molecule has 1 aliphatic rings. The number of oxazole rings is 1. The van der Waals surface area contributed by atoms with E-state index in [1.54, 1.807) is 36.5 Å². The highest BCUT2D eigenvalue weighted by Gasteiger charge is 2.26. The van der Waals surface area contributed by atoms with Gasteiger partial charge in [-0.15, -0.1) is 0 Å². The standard InChI is InChI=1S/C26H23N3O5S/c30-25(28-20-10-12-21(13-11-20)35(31,32)29-14-16-33-17-15-29)22-8-4-5-9-23(22)26-27-18-24(34-26)19-6-2-1-3-7-19/h1-13,18H,14-17H2,(H,28,30). The molecule has 0 atom stereocenters. The normalized spacial score (nSPS) is 14.5. The molecule has 35 heavy (non-hydrogen) atoms. The molecular formula is C26H23N3O5S. The number of carbonyl (C=O) groups excluding carboxylic acids is 1. The monoisotopic (exact) mass is 489 g/mol. The average Bonchev–Trinajstić information content (AvgIpc) is 3.40. The third-order valence-electron chi connectivity index (χ3n) is 5.69. The molecule has 3 aromatic carbocycles. The van der Waals surface area contributed by atoms with E-state index in [-0.39, 0.29) is 10.8 Å². The number of morpholine rings is 1. The molecule has 4 aromatic rings. The van der Waals surface area contributed by atoms with Gasteiger partial charge >= 0.3 is 0 Å². The Morgan fingerprint density at radius 2 is 1.57 bits per heavy atom. The van der Waals surface area contributed by atoms with Gasteiger partial charge in [-0.25, -0.2) is 13.4 Å². The zero-order chi connectivity index (χ0) is 24.3. The van der Waals surface area contributed by atoms with Crippen molar-refractivity contribution in [3.63, 3.8) is 0 Å². The first kappa shape index (κ1) is 23.0. The van der Waals surface area contributed by atoms with E-state index in [0.717, 1.165) is 5.56 Å². The van der Waals surface area contributed by atoms with Gasteiger partial charge in [0.15, 0.2) is 5.76 Å². The molecule has 1 saturated heterocycles. The number of hydrogen-bond donors (Lipinski definition) is 1. The van der Waals surface area contributed by atoms with E-state index in [2.05, 4.69) is 10.3 Å². The Balaban J connectivity index is 1.35. The second-order valence-corrected chi connectivity index (χ2v) is 9.87. The van der Waals surface area contributed by atoms with E-state index in [1.807, 2.05) is 36.4 Å². The lowest BCUT2D eigenvalue weighted by atomic mass is 10.1. The number of rotatable bonds is 6. The number of hydrogen-bond acceptors (Lipinski definition) is 6. The Labute approximate surface area is 203 Å². The molecular weight excluding hydrogens is 466 g/mol. The number of anilines is 1. The molecule has 9 heteroatoms. The minimum Gasteiger partial charge on any atom is -0.436 e. The summed E-state index contributed by atoms with van der Waals surface area (Å²) in [5, 5.41) is 2.83. The Bertz CT molecular complexity index is 1430. The number of ether oxygens (including phenoxy) is 1. The first-order chi connectivity index (χ1) is 17.0. The summed E-state index contributed by atoms with van der Waals surface area (Å²) in [6.45, 7) is 1.41. The van der Waals surface area contributed by atoms with Crippen LogP contribution in [0.2, 0.25) is 0 Å². The molecule has 0 radical (unpaired) electrons. The zero-order valence-electron chi connectivity index (χ0n) is 18.8. The molecule has 1 aromatic heterocycles. The molecule has 8 nitrogen and oxygen atoms in total. The highest BCUT2D eigenvalue weighted by Crippen LogP contribution is 2.29. The minimum absolute atomic E-state index is 0.172. The summed E-state index contributed by atoms with van der Waals surface area (Å²) in [7, 11) is -3.60. The summed E-state index contributed by atoms with van der Waals surface area (Å²) in [5.41, 5.74) is 2.31. The SMILES string of the molecule is O=C(Nc1ccc(S(=O)(=O)N2CCOCC2)cc1)c1ccccc1-c1ncc(-c2ccccc2)o1. The fraction of sp³-hybridized carbons (Fsp3) is 0.154. The maximum absolute atomic E-state index is 13.1. The molecule has 0 bridgehead atoms. The second kappa shape index (κ2) is 9.83. The molecule has 0 spiro atoms. The highest BCUT2D eigenvalue weighted by molar-refractivity contribution is 7.89. The lowest BCUT2D eigenvalue weighted by Crippen LogP contribution is -2.40. The van der Waals surface area contributed by atoms with Gasteiger partial charge in [-0.05, 0) is 36.4 Å². The van der Waals surface area contributed by atoms with Gasteiger partial charge in [0.1, 0.15) is 0 Å². The maximum Gasteiger partial charge on any atom is 0.256 e. The average molecular weight is 490 g/mol. The molecule has 5 rings (SSSR count). The Morgan fingerprint density at radius 1 is 0.886 bits per heavy atom. The van der Waals surface area contributed by atoms with Crippen molar-refractivity contribution in [1.82, 2.24) is 9.29 Å².